The van der Waals surface area contributed by atoms with Crippen LogP contribution >= 0.6 is 0 Å². The smallest absolute Gasteiger partial charge is 0.153 e. The van der Waals surface area contributed by atoms with Gasteiger partial charge >= 0.3 is 0 Å². The molecule has 9 heavy (non-hydrogen) atoms. The van der Waals surface area contributed by atoms with Crippen molar-refractivity contribution in [2.45, 2.75) is 13.8 Å². The van der Waals surface area contributed by atoms with E-state index >= 15 is 0 Å². The molecule has 0 atom stereocenters. The molecule has 0 unspecified atom stereocenters. The summed E-state index contributed by atoms with van der Waals surface area (Å²) in [5.41, 5.74) is 0.516. The predicted octanol–water partition coefficient (Wildman–Crippen LogP) is 1.59. The highest BCUT2D eigenvalue weighted by molar-refractivity contribution is 5.88. The molecule has 0 saturated heterocycles. The number of rotatable bonds is 2. The summed E-state index contributed by atoms with van der Waals surface area (Å²) >= 11 is 0. The standard InChI is InChI=1S/C7H10O2/c1-5(7(3)9)4-6(2)8/h4,9H,3H2,1-2H3/b5-4-. The lowest BCUT2D eigenvalue weighted by Crippen LogP contribution is -1.87. The van der Waals surface area contributed by atoms with Gasteiger partial charge in [-0.2, -0.15) is 0 Å². The molecule has 2 nitrogen and oxygen atoms in total. The Balaban J connectivity index is 4.17. The maximum atomic E-state index is 10.3. The Hall–Kier alpha value is -1.05. The highest BCUT2D eigenvalue weighted by atomic mass is 16.3. The van der Waals surface area contributed by atoms with Crippen molar-refractivity contribution in [2.75, 3.05) is 0 Å². The Morgan fingerprint density at radius 2 is 2.00 bits per heavy atom. The lowest BCUT2D eigenvalue weighted by atomic mass is 10.2. The van der Waals surface area contributed by atoms with Crippen LogP contribution in [0, 0.1) is 0 Å². The number of hydrogen-bond donors (Lipinski definition) is 1. The van der Waals surface area contributed by atoms with Crippen molar-refractivity contribution in [2.24, 2.45) is 0 Å². The van der Waals surface area contributed by atoms with Crippen molar-refractivity contribution >= 4 is 5.78 Å². The molecule has 2 heteroatoms. The van der Waals surface area contributed by atoms with Crippen molar-refractivity contribution in [3.8, 4) is 0 Å². The van der Waals surface area contributed by atoms with Crippen LogP contribution in [0.4, 0.5) is 0 Å². The Bertz CT molecular complexity index is 166. The van der Waals surface area contributed by atoms with Crippen LogP contribution in [0.5, 0.6) is 0 Å². The second-order valence-electron chi connectivity index (χ2n) is 1.88. The van der Waals surface area contributed by atoms with Crippen molar-refractivity contribution in [1.29, 1.82) is 0 Å². The zero-order chi connectivity index (χ0) is 7.44. The van der Waals surface area contributed by atoms with E-state index in [1.165, 1.54) is 13.0 Å². The summed E-state index contributed by atoms with van der Waals surface area (Å²) in [6.45, 7) is 6.29. The SMILES string of the molecule is C=C(O)/C(C)=C\C(C)=O. The van der Waals surface area contributed by atoms with Gasteiger partial charge in [-0.3, -0.25) is 4.79 Å². The van der Waals surface area contributed by atoms with E-state index in [0.717, 1.165) is 0 Å². The largest absolute Gasteiger partial charge is 0.508 e. The van der Waals surface area contributed by atoms with E-state index in [1.54, 1.807) is 6.92 Å². The average Bonchev–Trinajstić information content (AvgIpc) is 1.63. The number of allylic oxidation sites excluding steroid dienone is 2. The van der Waals surface area contributed by atoms with Gasteiger partial charge in [0.25, 0.3) is 0 Å². The van der Waals surface area contributed by atoms with Gasteiger partial charge in [0.05, 0.1) is 0 Å². The third-order valence-electron chi connectivity index (χ3n) is 0.875. The minimum Gasteiger partial charge on any atom is -0.508 e. The van der Waals surface area contributed by atoms with Gasteiger partial charge in [0.15, 0.2) is 5.78 Å². The average molecular weight is 126 g/mol. The quantitative estimate of drug-likeness (QED) is 0.346. The van der Waals surface area contributed by atoms with E-state index < -0.39 is 0 Å². The van der Waals surface area contributed by atoms with Crippen LogP contribution < -0.4 is 0 Å². The van der Waals surface area contributed by atoms with Crippen molar-refractivity contribution in [3.05, 3.63) is 24.0 Å². The minimum atomic E-state index is -0.0808. The molecule has 0 aromatic heterocycles. The topological polar surface area (TPSA) is 37.3 Å². The number of aliphatic hydroxyl groups is 1. The number of ketones is 1. The monoisotopic (exact) mass is 126 g/mol. The molecule has 0 fully saturated rings. The molecule has 50 valence electrons. The lowest BCUT2D eigenvalue weighted by Gasteiger charge is -1.92. The van der Waals surface area contributed by atoms with Crippen LogP contribution in [-0.4, -0.2) is 10.9 Å². The molecule has 0 aliphatic heterocycles. The molecule has 1 N–H and O–H groups in total. The van der Waals surface area contributed by atoms with Gasteiger partial charge in [0.2, 0.25) is 0 Å². The van der Waals surface area contributed by atoms with Crippen molar-refractivity contribution in [1.82, 2.24) is 0 Å². The summed E-state index contributed by atoms with van der Waals surface area (Å²) in [7, 11) is 0. The van der Waals surface area contributed by atoms with Crippen LogP contribution in [0.3, 0.4) is 0 Å². The van der Waals surface area contributed by atoms with Crippen LogP contribution in [0.15, 0.2) is 24.0 Å². The molecule has 0 aliphatic carbocycles. The number of carbonyl (C=O) groups excluding carboxylic acids is 1. The third kappa shape index (κ3) is 3.53. The van der Waals surface area contributed by atoms with Crippen LogP contribution in [0.1, 0.15) is 13.8 Å². The fourth-order valence-corrected chi connectivity index (χ4v) is 0.388. The summed E-state index contributed by atoms with van der Waals surface area (Å²) in [6, 6.07) is 0. The number of hydrogen-bond acceptors (Lipinski definition) is 2. The van der Waals surface area contributed by atoms with Gasteiger partial charge < -0.3 is 5.11 Å². The molecule has 0 aliphatic rings. The zero-order valence-electron chi connectivity index (χ0n) is 5.64. The van der Waals surface area contributed by atoms with Gasteiger partial charge in [-0.25, -0.2) is 0 Å². The van der Waals surface area contributed by atoms with Gasteiger partial charge in [0.1, 0.15) is 5.76 Å². The van der Waals surface area contributed by atoms with Crippen LogP contribution in [0.25, 0.3) is 0 Å². The van der Waals surface area contributed by atoms with E-state index in [-0.39, 0.29) is 11.5 Å². The molecule has 0 saturated carbocycles. The van der Waals surface area contributed by atoms with Crippen LogP contribution in [0.2, 0.25) is 0 Å². The van der Waals surface area contributed by atoms with E-state index in [0.29, 0.717) is 5.57 Å². The maximum Gasteiger partial charge on any atom is 0.153 e. The van der Waals surface area contributed by atoms with Gasteiger partial charge in [-0.05, 0) is 25.5 Å². The molecule has 0 aromatic carbocycles. The normalized spacial score (nSPS) is 11.1. The molecule has 0 spiro atoms. The van der Waals surface area contributed by atoms with Gasteiger partial charge in [0, 0.05) is 0 Å². The second kappa shape index (κ2) is 3.07. The first-order chi connectivity index (χ1) is 4.04. The van der Waals surface area contributed by atoms with Gasteiger partial charge in [-0.15, -0.1) is 0 Å². The third-order valence-corrected chi connectivity index (χ3v) is 0.875. The highest BCUT2D eigenvalue weighted by Gasteiger charge is 1.92. The second-order valence-corrected chi connectivity index (χ2v) is 1.88. The molecular weight excluding hydrogens is 116 g/mol. The van der Waals surface area contributed by atoms with E-state index in [2.05, 4.69) is 6.58 Å². The summed E-state index contributed by atoms with van der Waals surface area (Å²) < 4.78 is 0. The van der Waals surface area contributed by atoms with Crippen molar-refractivity contribution < 1.29 is 9.90 Å². The molecule has 0 bridgehead atoms. The van der Waals surface area contributed by atoms with E-state index in [9.17, 15) is 4.79 Å². The van der Waals surface area contributed by atoms with E-state index in [1.807, 2.05) is 0 Å². The molecular formula is C7H10O2. The van der Waals surface area contributed by atoms with Crippen LogP contribution in [-0.2, 0) is 4.79 Å². The molecule has 0 radical (unpaired) electrons. The Kier molecular flexibility index (Phi) is 2.71. The Morgan fingerprint density at radius 1 is 1.56 bits per heavy atom. The molecule has 0 heterocycles. The summed E-state index contributed by atoms with van der Waals surface area (Å²) in [6.07, 6.45) is 1.34. The van der Waals surface area contributed by atoms with Crippen molar-refractivity contribution in [3.63, 3.8) is 0 Å². The Labute approximate surface area is 54.5 Å². The summed E-state index contributed by atoms with van der Waals surface area (Å²) in [5.74, 6) is -0.132. The lowest BCUT2D eigenvalue weighted by molar-refractivity contribution is -0.112. The molecule has 0 aromatic rings. The highest BCUT2D eigenvalue weighted by Crippen LogP contribution is 2.00. The molecule has 0 amide bonds. The zero-order valence-corrected chi connectivity index (χ0v) is 5.64. The fraction of sp³-hybridized carbons (Fsp3) is 0.286. The first kappa shape index (κ1) is 7.95. The summed E-state index contributed by atoms with van der Waals surface area (Å²) in [5, 5.41) is 8.65. The molecule has 0 rings (SSSR count). The summed E-state index contributed by atoms with van der Waals surface area (Å²) in [4.78, 5) is 10.3. The minimum absolute atomic E-state index is 0.0507. The number of aliphatic hydroxyl groups excluding tert-OH is 1. The maximum absolute atomic E-state index is 10.3. The number of carbonyl (C=O) groups is 1. The van der Waals surface area contributed by atoms with E-state index in [4.69, 9.17) is 5.11 Å². The Morgan fingerprint density at radius 3 is 2.11 bits per heavy atom. The predicted molar refractivity (Wildman–Crippen MR) is 36.2 cm³/mol. The first-order valence-electron chi connectivity index (χ1n) is 2.61. The fourth-order valence-electron chi connectivity index (χ4n) is 0.388. The first-order valence-corrected chi connectivity index (χ1v) is 2.61. The van der Waals surface area contributed by atoms with Gasteiger partial charge in [-0.1, -0.05) is 6.58 Å².